The van der Waals surface area contributed by atoms with Crippen LogP contribution in [0.25, 0.3) is 11.0 Å². The monoisotopic (exact) mass is 314 g/mol. The van der Waals surface area contributed by atoms with Crippen LogP contribution in [0.5, 0.6) is 0 Å². The van der Waals surface area contributed by atoms with Gasteiger partial charge >= 0.3 is 0 Å². The van der Waals surface area contributed by atoms with Gasteiger partial charge in [0.05, 0.1) is 6.61 Å². The summed E-state index contributed by atoms with van der Waals surface area (Å²) in [4.78, 5) is 0. The average molecular weight is 314 g/mol. The molecule has 0 aliphatic heterocycles. The molecule has 0 unspecified atom stereocenters. The molecule has 126 valence electrons. The minimum absolute atomic E-state index is 0.0758. The predicted octanol–water partition coefficient (Wildman–Crippen LogP) is 5.55. The van der Waals surface area contributed by atoms with Gasteiger partial charge in [-0.3, -0.25) is 0 Å². The fourth-order valence-electron chi connectivity index (χ4n) is 3.15. The summed E-state index contributed by atoms with van der Waals surface area (Å²) < 4.78 is 6.19. The Kier molecular flexibility index (Phi) is 6.06. The first kappa shape index (κ1) is 17.8. The highest BCUT2D eigenvalue weighted by atomic mass is 16.3. The van der Waals surface area contributed by atoms with Crippen molar-refractivity contribution >= 4 is 11.0 Å². The molecule has 0 saturated carbocycles. The number of benzene rings is 1. The molecule has 1 heterocycles. The lowest BCUT2D eigenvalue weighted by Crippen LogP contribution is -2.13. The molecule has 0 fully saturated rings. The molecule has 0 atom stereocenters. The zero-order valence-electron chi connectivity index (χ0n) is 15.0. The minimum atomic E-state index is 0.0758. The Labute approximate surface area is 140 Å². The summed E-state index contributed by atoms with van der Waals surface area (Å²) in [7, 11) is 0. The molecule has 0 radical (unpaired) electrons. The third-order valence-electron chi connectivity index (χ3n) is 4.21. The van der Waals surface area contributed by atoms with Crippen molar-refractivity contribution in [2.75, 3.05) is 6.61 Å². The van der Waals surface area contributed by atoms with Crippen LogP contribution < -0.4 is 0 Å². The van der Waals surface area contributed by atoms with E-state index in [9.17, 15) is 0 Å². The number of allylic oxidation sites excluding steroid dienone is 1. The summed E-state index contributed by atoms with van der Waals surface area (Å²) in [5.41, 5.74) is 3.69. The van der Waals surface area contributed by atoms with Crippen LogP contribution in [0, 0.1) is 0 Å². The van der Waals surface area contributed by atoms with Gasteiger partial charge < -0.3 is 9.52 Å². The van der Waals surface area contributed by atoms with Crippen molar-refractivity contribution in [1.82, 2.24) is 0 Å². The Balaban J connectivity index is 2.41. The van der Waals surface area contributed by atoms with E-state index in [2.05, 4.69) is 45.9 Å². The molecule has 23 heavy (non-hydrogen) atoms. The van der Waals surface area contributed by atoms with Gasteiger partial charge in [-0.2, -0.15) is 0 Å². The van der Waals surface area contributed by atoms with Gasteiger partial charge in [0.1, 0.15) is 11.3 Å². The van der Waals surface area contributed by atoms with E-state index in [0.29, 0.717) is 0 Å². The van der Waals surface area contributed by atoms with Crippen LogP contribution in [0.1, 0.15) is 63.8 Å². The van der Waals surface area contributed by atoms with Gasteiger partial charge in [-0.1, -0.05) is 58.8 Å². The van der Waals surface area contributed by atoms with Crippen LogP contribution in [0.3, 0.4) is 0 Å². The summed E-state index contributed by atoms with van der Waals surface area (Å²) in [6, 6.07) is 6.47. The number of hydrogen-bond donors (Lipinski definition) is 1. The number of aliphatic hydroxyl groups excluding tert-OH is 1. The predicted molar refractivity (Wildman–Crippen MR) is 98.1 cm³/mol. The number of aliphatic hydroxyl groups is 1. The van der Waals surface area contributed by atoms with Gasteiger partial charge in [0.15, 0.2) is 0 Å². The topological polar surface area (TPSA) is 33.4 Å². The minimum Gasteiger partial charge on any atom is -0.461 e. The summed E-state index contributed by atoms with van der Waals surface area (Å²) in [6.07, 6.45) is 9.33. The van der Waals surface area contributed by atoms with Crippen molar-refractivity contribution in [2.24, 2.45) is 0 Å². The van der Waals surface area contributed by atoms with E-state index < -0.39 is 0 Å². The van der Waals surface area contributed by atoms with E-state index in [0.717, 1.165) is 24.2 Å². The van der Waals surface area contributed by atoms with Crippen LogP contribution in [0.2, 0.25) is 0 Å². The van der Waals surface area contributed by atoms with Gasteiger partial charge in [-0.05, 0) is 36.0 Å². The summed E-state index contributed by atoms with van der Waals surface area (Å²) >= 11 is 0. The average Bonchev–Trinajstić information content (AvgIpc) is 2.85. The lowest BCUT2D eigenvalue weighted by molar-refractivity contribution is 0.342. The summed E-state index contributed by atoms with van der Waals surface area (Å²) in [6.45, 7) is 9.12. The van der Waals surface area contributed by atoms with Crippen LogP contribution in [-0.4, -0.2) is 11.7 Å². The van der Waals surface area contributed by atoms with E-state index in [1.807, 2.05) is 6.08 Å². The fourth-order valence-corrected chi connectivity index (χ4v) is 3.15. The maximum absolute atomic E-state index is 8.87. The summed E-state index contributed by atoms with van der Waals surface area (Å²) in [5.74, 6) is 1.16. The largest absolute Gasteiger partial charge is 0.461 e. The van der Waals surface area contributed by atoms with Crippen LogP contribution in [0.4, 0.5) is 0 Å². The van der Waals surface area contributed by atoms with Crippen LogP contribution >= 0.6 is 0 Å². The van der Waals surface area contributed by atoms with E-state index in [1.54, 1.807) is 6.08 Å². The third kappa shape index (κ3) is 4.48. The van der Waals surface area contributed by atoms with Crippen molar-refractivity contribution in [3.63, 3.8) is 0 Å². The van der Waals surface area contributed by atoms with E-state index in [-0.39, 0.29) is 12.0 Å². The van der Waals surface area contributed by atoms with Gasteiger partial charge in [0, 0.05) is 17.4 Å². The number of rotatable bonds is 7. The molecule has 0 amide bonds. The fraction of sp³-hybridized carbons (Fsp3) is 0.524. The Hall–Kier alpha value is -1.54. The molecule has 2 rings (SSSR count). The molecule has 1 aromatic heterocycles. The Morgan fingerprint density at radius 3 is 2.57 bits per heavy atom. The quantitative estimate of drug-likeness (QED) is 0.536. The normalized spacial score (nSPS) is 12.6. The second-order valence-electron chi connectivity index (χ2n) is 7.30. The summed E-state index contributed by atoms with van der Waals surface area (Å²) in [5, 5.41) is 10.1. The van der Waals surface area contributed by atoms with Gasteiger partial charge in [-0.25, -0.2) is 0 Å². The molecule has 1 aromatic carbocycles. The van der Waals surface area contributed by atoms with E-state index in [4.69, 9.17) is 9.52 Å². The highest BCUT2D eigenvalue weighted by Crippen LogP contribution is 2.37. The molecule has 2 heteroatoms. The smallest absolute Gasteiger partial charge is 0.134 e. The lowest BCUT2D eigenvalue weighted by atomic mass is 9.83. The first-order valence-corrected chi connectivity index (χ1v) is 8.78. The highest BCUT2D eigenvalue weighted by Gasteiger charge is 2.25. The zero-order chi connectivity index (χ0) is 16.9. The second-order valence-corrected chi connectivity index (χ2v) is 7.30. The second kappa shape index (κ2) is 7.83. The van der Waals surface area contributed by atoms with Crippen LogP contribution in [0.15, 0.2) is 34.8 Å². The molecule has 2 aromatic rings. The number of unbranched alkanes of at least 4 members (excludes halogenated alkanes) is 2. The number of hydrogen-bond acceptors (Lipinski definition) is 2. The maximum Gasteiger partial charge on any atom is 0.134 e. The van der Waals surface area contributed by atoms with Gasteiger partial charge in [0.2, 0.25) is 0 Å². The molecule has 0 aliphatic rings. The van der Waals surface area contributed by atoms with Crippen molar-refractivity contribution in [3.8, 4) is 0 Å². The molecular formula is C21H30O2. The van der Waals surface area contributed by atoms with Crippen molar-refractivity contribution < 1.29 is 9.52 Å². The molecular weight excluding hydrogens is 284 g/mol. The van der Waals surface area contributed by atoms with Crippen LogP contribution in [-0.2, 0) is 18.3 Å². The molecule has 1 N–H and O–H groups in total. The molecule has 2 nitrogen and oxygen atoms in total. The molecule has 0 aliphatic carbocycles. The number of fused-ring (bicyclic) bond motifs is 1. The zero-order valence-corrected chi connectivity index (χ0v) is 15.0. The third-order valence-corrected chi connectivity index (χ3v) is 4.21. The first-order chi connectivity index (χ1) is 11.0. The standard InChI is InChI=1S/C21H30O2/c1-5-6-7-11-19-20(21(2,3)4)17-15-16(10-8-9-14-22)12-13-18(17)23-19/h8-9,12-13,15,22H,5-7,10-11,14H2,1-4H3/b9-8-. The molecule has 0 saturated heterocycles. The maximum atomic E-state index is 8.87. The SMILES string of the molecule is CCCCCc1oc2ccc(C/C=C\CO)cc2c1C(C)(C)C. The Morgan fingerprint density at radius 2 is 1.91 bits per heavy atom. The Morgan fingerprint density at radius 1 is 1.13 bits per heavy atom. The van der Waals surface area contributed by atoms with E-state index in [1.165, 1.54) is 35.8 Å². The van der Waals surface area contributed by atoms with Crippen molar-refractivity contribution in [2.45, 2.75) is 65.2 Å². The molecule has 0 spiro atoms. The van der Waals surface area contributed by atoms with Crippen molar-refractivity contribution in [3.05, 3.63) is 47.2 Å². The Bertz CT molecular complexity index is 656. The van der Waals surface area contributed by atoms with E-state index >= 15 is 0 Å². The lowest BCUT2D eigenvalue weighted by Gasteiger charge is -2.19. The number of furan rings is 1. The van der Waals surface area contributed by atoms with Gasteiger partial charge in [-0.15, -0.1) is 0 Å². The molecule has 0 bridgehead atoms. The number of aryl methyl sites for hydroxylation is 1. The highest BCUT2D eigenvalue weighted by molar-refractivity contribution is 5.84. The van der Waals surface area contributed by atoms with Crippen molar-refractivity contribution in [1.29, 1.82) is 0 Å². The van der Waals surface area contributed by atoms with Gasteiger partial charge in [0.25, 0.3) is 0 Å². The first-order valence-electron chi connectivity index (χ1n) is 8.78.